The van der Waals surface area contributed by atoms with Crippen LogP contribution in [0.15, 0.2) is 18.2 Å². The van der Waals surface area contributed by atoms with Gasteiger partial charge in [-0.05, 0) is 42.9 Å². The first kappa shape index (κ1) is 12.2. The van der Waals surface area contributed by atoms with Crippen molar-refractivity contribution >= 4 is 0 Å². The Balaban J connectivity index is 2.01. The Hall–Kier alpha value is -1.26. The molecule has 0 spiro atoms. The molecular weight excluding hydrogens is 218 g/mol. The van der Waals surface area contributed by atoms with E-state index in [0.717, 1.165) is 36.0 Å². The molecule has 0 aromatic heterocycles. The molecular formula is C13H19NO3. The number of benzene rings is 1. The molecule has 0 unspecified atom stereocenters. The lowest BCUT2D eigenvalue weighted by molar-refractivity contribution is 0.141. The second kappa shape index (κ2) is 5.89. The molecule has 0 aliphatic heterocycles. The SMILES string of the molecule is COc1ccc(CCON)cc1OCC1CC1. The first-order valence-electron chi connectivity index (χ1n) is 5.95. The largest absolute Gasteiger partial charge is 0.493 e. The number of nitrogens with two attached hydrogens (primary N) is 1. The van der Waals surface area contributed by atoms with E-state index in [4.69, 9.17) is 15.4 Å². The summed E-state index contributed by atoms with van der Waals surface area (Å²) in [7, 11) is 1.65. The molecule has 0 saturated heterocycles. The monoisotopic (exact) mass is 237 g/mol. The van der Waals surface area contributed by atoms with Gasteiger partial charge in [-0.2, -0.15) is 0 Å². The molecule has 1 aromatic rings. The minimum atomic E-state index is 0.508. The molecule has 0 amide bonds. The zero-order valence-electron chi connectivity index (χ0n) is 10.1. The van der Waals surface area contributed by atoms with Gasteiger partial charge in [0.15, 0.2) is 11.5 Å². The summed E-state index contributed by atoms with van der Waals surface area (Å²) >= 11 is 0. The van der Waals surface area contributed by atoms with Crippen molar-refractivity contribution in [2.45, 2.75) is 19.3 Å². The first-order valence-corrected chi connectivity index (χ1v) is 5.95. The summed E-state index contributed by atoms with van der Waals surface area (Å²) in [4.78, 5) is 4.58. The van der Waals surface area contributed by atoms with Gasteiger partial charge in [0.2, 0.25) is 0 Å². The van der Waals surface area contributed by atoms with Gasteiger partial charge in [0.05, 0.1) is 20.3 Å². The number of rotatable bonds is 7. The molecule has 0 bridgehead atoms. The summed E-state index contributed by atoms with van der Waals surface area (Å²) in [6, 6.07) is 5.93. The summed E-state index contributed by atoms with van der Waals surface area (Å²) < 4.78 is 11.1. The van der Waals surface area contributed by atoms with Crippen molar-refractivity contribution in [3.63, 3.8) is 0 Å². The van der Waals surface area contributed by atoms with Crippen LogP contribution >= 0.6 is 0 Å². The van der Waals surface area contributed by atoms with Crippen LogP contribution in [0.4, 0.5) is 0 Å². The topological polar surface area (TPSA) is 53.7 Å². The Morgan fingerprint density at radius 2 is 2.12 bits per heavy atom. The Kier molecular flexibility index (Phi) is 4.23. The molecule has 1 aliphatic carbocycles. The van der Waals surface area contributed by atoms with E-state index in [-0.39, 0.29) is 0 Å². The molecule has 1 aliphatic rings. The molecule has 1 aromatic carbocycles. The third kappa shape index (κ3) is 3.61. The van der Waals surface area contributed by atoms with Crippen LogP contribution in [-0.2, 0) is 11.3 Å². The molecule has 1 saturated carbocycles. The van der Waals surface area contributed by atoms with Gasteiger partial charge in [-0.15, -0.1) is 0 Å². The van der Waals surface area contributed by atoms with Crippen LogP contribution in [0.3, 0.4) is 0 Å². The summed E-state index contributed by atoms with van der Waals surface area (Å²) in [5.41, 5.74) is 1.14. The van der Waals surface area contributed by atoms with Crippen LogP contribution in [0.25, 0.3) is 0 Å². The Morgan fingerprint density at radius 3 is 2.76 bits per heavy atom. The molecule has 2 rings (SSSR count). The molecule has 1 fully saturated rings. The van der Waals surface area contributed by atoms with Gasteiger partial charge in [0.25, 0.3) is 0 Å². The van der Waals surface area contributed by atoms with E-state index in [9.17, 15) is 0 Å². The summed E-state index contributed by atoms with van der Waals surface area (Å²) in [6.07, 6.45) is 3.34. The molecule has 0 heterocycles. The van der Waals surface area contributed by atoms with Crippen LogP contribution in [0, 0.1) is 5.92 Å². The van der Waals surface area contributed by atoms with Crippen molar-refractivity contribution in [2.24, 2.45) is 11.8 Å². The number of methoxy groups -OCH3 is 1. The average molecular weight is 237 g/mol. The molecule has 94 valence electrons. The Labute approximate surface area is 102 Å². The fourth-order valence-corrected chi connectivity index (χ4v) is 1.66. The van der Waals surface area contributed by atoms with Crippen molar-refractivity contribution in [3.05, 3.63) is 23.8 Å². The maximum atomic E-state index is 5.78. The molecule has 0 radical (unpaired) electrons. The minimum absolute atomic E-state index is 0.508. The maximum absolute atomic E-state index is 5.78. The van der Waals surface area contributed by atoms with Gasteiger partial charge >= 0.3 is 0 Å². The van der Waals surface area contributed by atoms with E-state index in [0.29, 0.717) is 6.61 Å². The lowest BCUT2D eigenvalue weighted by atomic mass is 10.1. The van der Waals surface area contributed by atoms with Crippen molar-refractivity contribution < 1.29 is 14.3 Å². The number of hydrogen-bond donors (Lipinski definition) is 1. The first-order chi connectivity index (χ1) is 8.33. The average Bonchev–Trinajstić information content (AvgIpc) is 3.18. The smallest absolute Gasteiger partial charge is 0.161 e. The van der Waals surface area contributed by atoms with E-state index in [1.54, 1.807) is 7.11 Å². The lowest BCUT2D eigenvalue weighted by Gasteiger charge is -2.12. The highest BCUT2D eigenvalue weighted by atomic mass is 16.6. The fourth-order valence-electron chi connectivity index (χ4n) is 1.66. The summed E-state index contributed by atoms with van der Waals surface area (Å²) in [5, 5.41) is 0. The van der Waals surface area contributed by atoms with Crippen LogP contribution < -0.4 is 15.4 Å². The Bertz CT molecular complexity index is 364. The second-order valence-electron chi connectivity index (χ2n) is 4.36. The lowest BCUT2D eigenvalue weighted by Crippen LogP contribution is -2.05. The Morgan fingerprint density at radius 1 is 1.29 bits per heavy atom. The third-order valence-corrected chi connectivity index (χ3v) is 2.91. The van der Waals surface area contributed by atoms with Crippen LogP contribution in [0.5, 0.6) is 11.5 Å². The quantitative estimate of drug-likeness (QED) is 0.736. The highest BCUT2D eigenvalue weighted by Gasteiger charge is 2.22. The van der Waals surface area contributed by atoms with Crippen LogP contribution in [0.2, 0.25) is 0 Å². The maximum Gasteiger partial charge on any atom is 0.161 e. The highest BCUT2D eigenvalue weighted by Crippen LogP contribution is 2.33. The van der Waals surface area contributed by atoms with E-state index in [1.807, 2.05) is 18.2 Å². The molecule has 4 heteroatoms. The van der Waals surface area contributed by atoms with Gasteiger partial charge in [-0.25, -0.2) is 5.90 Å². The van der Waals surface area contributed by atoms with Crippen molar-refractivity contribution in [2.75, 3.05) is 20.3 Å². The zero-order chi connectivity index (χ0) is 12.1. The molecule has 4 nitrogen and oxygen atoms in total. The predicted molar refractivity (Wildman–Crippen MR) is 65.1 cm³/mol. The van der Waals surface area contributed by atoms with Gasteiger partial charge in [-0.3, -0.25) is 0 Å². The second-order valence-corrected chi connectivity index (χ2v) is 4.36. The minimum Gasteiger partial charge on any atom is -0.493 e. The third-order valence-electron chi connectivity index (χ3n) is 2.91. The standard InChI is InChI=1S/C13H19NO3/c1-15-12-5-4-10(6-7-17-14)8-13(12)16-9-11-2-3-11/h4-5,8,11H,2-3,6-7,9,14H2,1H3. The van der Waals surface area contributed by atoms with Crippen LogP contribution in [-0.4, -0.2) is 20.3 Å². The van der Waals surface area contributed by atoms with Gasteiger partial charge in [0.1, 0.15) is 0 Å². The predicted octanol–water partition coefficient (Wildman–Crippen LogP) is 1.92. The van der Waals surface area contributed by atoms with Gasteiger partial charge in [-0.1, -0.05) is 6.07 Å². The summed E-state index contributed by atoms with van der Waals surface area (Å²) in [5.74, 6) is 7.35. The number of ether oxygens (including phenoxy) is 2. The van der Waals surface area contributed by atoms with E-state index in [2.05, 4.69) is 4.84 Å². The van der Waals surface area contributed by atoms with Crippen molar-refractivity contribution in [1.29, 1.82) is 0 Å². The van der Waals surface area contributed by atoms with Crippen molar-refractivity contribution in [3.8, 4) is 11.5 Å². The fraction of sp³-hybridized carbons (Fsp3) is 0.538. The van der Waals surface area contributed by atoms with Crippen LogP contribution in [0.1, 0.15) is 18.4 Å². The molecule has 17 heavy (non-hydrogen) atoms. The normalized spacial score (nSPS) is 14.7. The molecule has 2 N–H and O–H groups in total. The highest BCUT2D eigenvalue weighted by molar-refractivity contribution is 5.43. The summed E-state index contributed by atoms with van der Waals surface area (Å²) in [6.45, 7) is 1.29. The zero-order valence-corrected chi connectivity index (χ0v) is 10.1. The van der Waals surface area contributed by atoms with E-state index >= 15 is 0 Å². The number of hydrogen-bond acceptors (Lipinski definition) is 4. The van der Waals surface area contributed by atoms with E-state index < -0.39 is 0 Å². The van der Waals surface area contributed by atoms with Gasteiger partial charge in [0, 0.05) is 0 Å². The van der Waals surface area contributed by atoms with Gasteiger partial charge < -0.3 is 14.3 Å². The van der Waals surface area contributed by atoms with Crippen molar-refractivity contribution in [1.82, 2.24) is 0 Å². The molecule has 0 atom stereocenters. The van der Waals surface area contributed by atoms with E-state index in [1.165, 1.54) is 12.8 Å².